The lowest BCUT2D eigenvalue weighted by Crippen LogP contribution is -2.42. The molecule has 1 rings (SSSR count). The SMILES string of the molecule is CCC(NC(=O)NCC(C)(C)CCO)c1noc(C)n1. The van der Waals surface area contributed by atoms with Gasteiger partial charge in [-0.05, 0) is 18.3 Å². The van der Waals surface area contributed by atoms with Crippen molar-refractivity contribution in [3.8, 4) is 0 Å². The Hall–Kier alpha value is -1.63. The fourth-order valence-corrected chi connectivity index (χ4v) is 1.73. The van der Waals surface area contributed by atoms with Crippen molar-refractivity contribution in [2.45, 2.75) is 46.6 Å². The van der Waals surface area contributed by atoms with Crippen LogP contribution in [0.25, 0.3) is 0 Å². The van der Waals surface area contributed by atoms with Gasteiger partial charge < -0.3 is 20.3 Å². The minimum atomic E-state index is -0.273. The van der Waals surface area contributed by atoms with Gasteiger partial charge in [-0.3, -0.25) is 0 Å². The van der Waals surface area contributed by atoms with Crippen molar-refractivity contribution < 1.29 is 14.4 Å². The molecule has 0 fully saturated rings. The predicted molar refractivity (Wildman–Crippen MR) is 74.1 cm³/mol. The van der Waals surface area contributed by atoms with Gasteiger partial charge in [-0.25, -0.2) is 4.79 Å². The summed E-state index contributed by atoms with van der Waals surface area (Å²) >= 11 is 0. The molecule has 114 valence electrons. The fourth-order valence-electron chi connectivity index (χ4n) is 1.73. The van der Waals surface area contributed by atoms with Gasteiger partial charge in [0, 0.05) is 20.1 Å². The van der Waals surface area contributed by atoms with Crippen LogP contribution < -0.4 is 10.6 Å². The van der Waals surface area contributed by atoms with Crippen LogP contribution in [0, 0.1) is 12.3 Å². The second-order valence-electron chi connectivity index (χ2n) is 5.60. The highest BCUT2D eigenvalue weighted by Crippen LogP contribution is 2.18. The zero-order valence-corrected chi connectivity index (χ0v) is 12.6. The van der Waals surface area contributed by atoms with Gasteiger partial charge in [0.25, 0.3) is 0 Å². The van der Waals surface area contributed by atoms with Crippen LogP contribution >= 0.6 is 0 Å². The molecule has 1 heterocycles. The maximum atomic E-state index is 11.9. The third-order valence-corrected chi connectivity index (χ3v) is 3.08. The summed E-state index contributed by atoms with van der Waals surface area (Å²) < 4.78 is 4.91. The number of nitrogens with zero attached hydrogens (tertiary/aromatic N) is 2. The number of hydrogen-bond donors (Lipinski definition) is 3. The largest absolute Gasteiger partial charge is 0.396 e. The number of hydrogen-bond acceptors (Lipinski definition) is 5. The number of carbonyl (C=O) groups is 1. The van der Waals surface area contributed by atoms with E-state index in [1.165, 1.54) is 0 Å². The quantitative estimate of drug-likeness (QED) is 0.705. The molecule has 0 saturated heterocycles. The van der Waals surface area contributed by atoms with Crippen LogP contribution in [-0.4, -0.2) is 34.4 Å². The molecule has 0 aliphatic carbocycles. The number of carbonyl (C=O) groups excluding carboxylic acids is 1. The maximum absolute atomic E-state index is 11.9. The lowest BCUT2D eigenvalue weighted by atomic mass is 9.90. The molecular formula is C13H24N4O3. The van der Waals surface area contributed by atoms with Crippen LogP contribution in [0.15, 0.2) is 4.52 Å². The van der Waals surface area contributed by atoms with Gasteiger partial charge in [0.1, 0.15) is 0 Å². The van der Waals surface area contributed by atoms with E-state index in [-0.39, 0.29) is 24.1 Å². The zero-order valence-electron chi connectivity index (χ0n) is 12.6. The Balaban J connectivity index is 2.48. The van der Waals surface area contributed by atoms with E-state index in [0.717, 1.165) is 0 Å². The normalized spacial score (nSPS) is 13.1. The molecule has 1 atom stereocenters. The van der Waals surface area contributed by atoms with Crippen LogP contribution in [0.3, 0.4) is 0 Å². The van der Waals surface area contributed by atoms with Crippen molar-refractivity contribution in [1.82, 2.24) is 20.8 Å². The second-order valence-corrected chi connectivity index (χ2v) is 5.60. The highest BCUT2D eigenvalue weighted by molar-refractivity contribution is 5.74. The molecule has 1 unspecified atom stereocenters. The molecule has 0 aliphatic heterocycles. The number of aliphatic hydroxyl groups excluding tert-OH is 1. The number of nitrogens with one attached hydrogen (secondary N) is 2. The average molecular weight is 284 g/mol. The predicted octanol–water partition coefficient (Wildman–Crippen LogP) is 1.54. The summed E-state index contributed by atoms with van der Waals surface area (Å²) in [6, 6.07) is -0.543. The van der Waals surface area contributed by atoms with Crippen molar-refractivity contribution >= 4 is 6.03 Å². The van der Waals surface area contributed by atoms with Crippen molar-refractivity contribution in [1.29, 1.82) is 0 Å². The van der Waals surface area contributed by atoms with Crippen molar-refractivity contribution in [3.63, 3.8) is 0 Å². The molecule has 0 spiro atoms. The summed E-state index contributed by atoms with van der Waals surface area (Å²) in [6.07, 6.45) is 1.31. The van der Waals surface area contributed by atoms with Crippen LogP contribution in [-0.2, 0) is 0 Å². The van der Waals surface area contributed by atoms with Crippen molar-refractivity contribution in [2.24, 2.45) is 5.41 Å². The average Bonchev–Trinajstić information content (AvgIpc) is 2.80. The number of rotatable bonds is 7. The summed E-state index contributed by atoms with van der Waals surface area (Å²) in [5, 5.41) is 18.4. The van der Waals surface area contributed by atoms with E-state index in [1.807, 2.05) is 20.8 Å². The number of aliphatic hydroxyl groups is 1. The van der Waals surface area contributed by atoms with E-state index in [1.54, 1.807) is 6.92 Å². The van der Waals surface area contributed by atoms with Gasteiger partial charge in [0.05, 0.1) is 6.04 Å². The van der Waals surface area contributed by atoms with E-state index in [2.05, 4.69) is 20.8 Å². The molecular weight excluding hydrogens is 260 g/mol. The van der Waals surface area contributed by atoms with Gasteiger partial charge in [-0.1, -0.05) is 25.9 Å². The van der Waals surface area contributed by atoms with E-state index in [0.29, 0.717) is 31.1 Å². The monoisotopic (exact) mass is 284 g/mol. The van der Waals surface area contributed by atoms with Gasteiger partial charge >= 0.3 is 6.03 Å². The smallest absolute Gasteiger partial charge is 0.315 e. The summed E-state index contributed by atoms with van der Waals surface area (Å²) in [4.78, 5) is 16.0. The van der Waals surface area contributed by atoms with Gasteiger partial charge in [0.2, 0.25) is 5.89 Å². The highest BCUT2D eigenvalue weighted by Gasteiger charge is 2.21. The van der Waals surface area contributed by atoms with E-state index in [4.69, 9.17) is 9.63 Å². The van der Waals surface area contributed by atoms with Crippen LogP contribution in [0.4, 0.5) is 4.79 Å². The van der Waals surface area contributed by atoms with E-state index >= 15 is 0 Å². The number of aryl methyl sites for hydroxylation is 1. The second kappa shape index (κ2) is 7.23. The topological polar surface area (TPSA) is 100 Å². The van der Waals surface area contributed by atoms with Crippen molar-refractivity contribution in [3.05, 3.63) is 11.7 Å². The highest BCUT2D eigenvalue weighted by atomic mass is 16.5. The minimum Gasteiger partial charge on any atom is -0.396 e. The standard InChI is InChI=1S/C13H24N4O3/c1-5-10(11-15-9(2)20-17-11)16-12(19)14-8-13(3,4)6-7-18/h10,18H,5-8H2,1-4H3,(H2,14,16,19). The Morgan fingerprint density at radius 1 is 1.50 bits per heavy atom. The molecule has 1 aromatic heterocycles. The summed E-state index contributed by atoms with van der Waals surface area (Å²) in [5.41, 5.74) is -0.142. The first-order valence-corrected chi connectivity index (χ1v) is 6.83. The lowest BCUT2D eigenvalue weighted by molar-refractivity contribution is 0.200. The Morgan fingerprint density at radius 3 is 2.70 bits per heavy atom. The Kier molecular flexibility index (Phi) is 5.94. The summed E-state index contributed by atoms with van der Waals surface area (Å²) in [7, 11) is 0. The van der Waals surface area contributed by atoms with Crippen LogP contribution in [0.5, 0.6) is 0 Å². The molecule has 0 bridgehead atoms. The number of urea groups is 1. The molecule has 7 heteroatoms. The minimum absolute atomic E-state index is 0.107. The molecule has 3 N–H and O–H groups in total. The van der Waals surface area contributed by atoms with Crippen LogP contribution in [0.1, 0.15) is 51.4 Å². The molecule has 0 saturated carbocycles. The Labute approximate surface area is 119 Å². The zero-order chi connectivity index (χ0) is 15.2. The first-order chi connectivity index (χ1) is 9.38. The molecule has 20 heavy (non-hydrogen) atoms. The van der Waals surface area contributed by atoms with E-state index < -0.39 is 0 Å². The van der Waals surface area contributed by atoms with Gasteiger partial charge in [-0.15, -0.1) is 0 Å². The first-order valence-electron chi connectivity index (χ1n) is 6.83. The summed E-state index contributed by atoms with van der Waals surface area (Å²) in [6.45, 7) is 8.22. The maximum Gasteiger partial charge on any atom is 0.315 e. The molecule has 1 aromatic rings. The third-order valence-electron chi connectivity index (χ3n) is 3.08. The molecule has 0 radical (unpaired) electrons. The molecule has 7 nitrogen and oxygen atoms in total. The van der Waals surface area contributed by atoms with Crippen LogP contribution in [0.2, 0.25) is 0 Å². The van der Waals surface area contributed by atoms with E-state index in [9.17, 15) is 4.79 Å². The first kappa shape index (κ1) is 16.4. The number of amides is 2. The third kappa shape index (κ3) is 5.16. The van der Waals surface area contributed by atoms with Crippen molar-refractivity contribution in [2.75, 3.05) is 13.2 Å². The molecule has 2 amide bonds. The lowest BCUT2D eigenvalue weighted by Gasteiger charge is -2.24. The molecule has 0 aliphatic rings. The summed E-state index contributed by atoms with van der Waals surface area (Å²) in [5.74, 6) is 0.958. The Bertz CT molecular complexity index is 431. The molecule has 0 aromatic carbocycles. The van der Waals surface area contributed by atoms with Gasteiger partial charge in [-0.2, -0.15) is 4.98 Å². The van der Waals surface area contributed by atoms with Gasteiger partial charge in [0.15, 0.2) is 5.82 Å². The Morgan fingerprint density at radius 2 is 2.20 bits per heavy atom. The number of aromatic nitrogens is 2. The fraction of sp³-hybridized carbons (Fsp3) is 0.769.